The van der Waals surface area contributed by atoms with E-state index in [2.05, 4.69) is 10.1 Å². The molecule has 8 heteroatoms. The van der Waals surface area contributed by atoms with E-state index < -0.39 is 6.04 Å². The molecule has 3 rings (SSSR count). The maximum absolute atomic E-state index is 13.0. The number of nitrogens with zero attached hydrogens (tertiary/aromatic N) is 6. The van der Waals surface area contributed by atoms with Gasteiger partial charge in [0.05, 0.1) is 11.8 Å². The van der Waals surface area contributed by atoms with Crippen LogP contribution in [-0.4, -0.2) is 81.1 Å². The van der Waals surface area contributed by atoms with Crippen LogP contribution in [0.1, 0.15) is 27.7 Å². The Balaban J connectivity index is 2.03. The van der Waals surface area contributed by atoms with Crippen molar-refractivity contribution in [3.63, 3.8) is 0 Å². The number of amidine groups is 1. The Hall–Kier alpha value is -2.51. The number of fused-ring (bicyclic) bond motifs is 2. The van der Waals surface area contributed by atoms with E-state index in [4.69, 9.17) is 0 Å². The lowest BCUT2D eigenvalue weighted by atomic mass is 10.1. The summed E-state index contributed by atoms with van der Waals surface area (Å²) in [5, 5.41) is 6.36. The molecule has 1 unspecified atom stereocenters. The van der Waals surface area contributed by atoms with E-state index in [1.54, 1.807) is 13.1 Å². The van der Waals surface area contributed by atoms with Gasteiger partial charge in [0, 0.05) is 13.6 Å². The number of hydrazone groups is 1. The number of aliphatic imine (C=N–C) groups is 1. The molecule has 0 saturated carbocycles. The van der Waals surface area contributed by atoms with Crippen molar-refractivity contribution in [1.82, 2.24) is 14.8 Å². The van der Waals surface area contributed by atoms with Crippen LogP contribution in [0, 0.1) is 0 Å². The monoisotopic (exact) mass is 331 g/mol. The fourth-order valence-corrected chi connectivity index (χ4v) is 3.08. The van der Waals surface area contributed by atoms with E-state index in [0.29, 0.717) is 18.3 Å². The van der Waals surface area contributed by atoms with Gasteiger partial charge in [-0.3, -0.25) is 14.6 Å². The van der Waals surface area contributed by atoms with E-state index in [-0.39, 0.29) is 24.5 Å². The van der Waals surface area contributed by atoms with Gasteiger partial charge in [0.2, 0.25) is 11.9 Å². The van der Waals surface area contributed by atoms with Gasteiger partial charge in [0.1, 0.15) is 6.54 Å². The zero-order valence-corrected chi connectivity index (χ0v) is 14.7. The summed E-state index contributed by atoms with van der Waals surface area (Å²) in [6.45, 7) is 8.63. The number of carbonyl (C=O) groups is 2. The van der Waals surface area contributed by atoms with Crippen molar-refractivity contribution >= 4 is 29.4 Å². The third-order valence-electron chi connectivity index (χ3n) is 4.28. The predicted octanol–water partition coefficient (Wildman–Crippen LogP) is 0.706. The molecule has 3 heterocycles. The normalized spacial score (nSPS) is 24.1. The van der Waals surface area contributed by atoms with Gasteiger partial charge >= 0.3 is 12.0 Å². The number of rotatable bonds is 3. The van der Waals surface area contributed by atoms with Crippen molar-refractivity contribution in [3.05, 3.63) is 12.2 Å². The van der Waals surface area contributed by atoms with Crippen molar-refractivity contribution in [2.24, 2.45) is 10.1 Å². The quantitative estimate of drug-likeness (QED) is 0.565. The number of allylic oxidation sites excluding steroid dienone is 1. The molecule has 0 aliphatic carbocycles. The summed E-state index contributed by atoms with van der Waals surface area (Å²) in [6.07, 6.45) is 3.63. The molecule has 1 fully saturated rings. The van der Waals surface area contributed by atoms with Crippen LogP contribution in [0.2, 0.25) is 0 Å². The Morgan fingerprint density at radius 3 is 2.71 bits per heavy atom. The van der Waals surface area contributed by atoms with Crippen LogP contribution >= 0.6 is 0 Å². The molecule has 128 valence electrons. The molecule has 24 heavy (non-hydrogen) atoms. The van der Waals surface area contributed by atoms with Crippen LogP contribution in [-0.2, 0) is 4.79 Å². The number of imide groups is 1. The largest absolute Gasteiger partial charge is 0.416 e. The number of hydrogen-bond acceptors (Lipinski definition) is 5. The topological polar surface area (TPSA) is 71.6 Å². The first-order valence-corrected chi connectivity index (χ1v) is 8.12. The maximum atomic E-state index is 13.0. The molecular formula is C16H23N6O2+. The molecule has 3 aliphatic rings. The van der Waals surface area contributed by atoms with Gasteiger partial charge in [-0.25, -0.2) is 9.37 Å². The molecule has 0 aromatic carbocycles. The Labute approximate surface area is 141 Å². The summed E-state index contributed by atoms with van der Waals surface area (Å²) in [4.78, 5) is 32.8. The number of guanidine groups is 1. The van der Waals surface area contributed by atoms with Crippen molar-refractivity contribution in [2.75, 3.05) is 20.1 Å². The minimum Gasteiger partial charge on any atom is -0.270 e. The second-order valence-electron chi connectivity index (χ2n) is 6.43. The molecule has 0 radical (unpaired) electrons. The second-order valence-corrected chi connectivity index (χ2v) is 6.43. The molecule has 1 saturated heterocycles. The van der Waals surface area contributed by atoms with Crippen LogP contribution in [0.5, 0.6) is 0 Å². The van der Waals surface area contributed by atoms with Gasteiger partial charge in [-0.05, 0) is 27.7 Å². The number of urea groups is 1. The molecule has 0 bridgehead atoms. The van der Waals surface area contributed by atoms with Gasteiger partial charge in [-0.2, -0.15) is 0 Å². The summed E-state index contributed by atoms with van der Waals surface area (Å²) < 4.78 is 1.94. The first kappa shape index (κ1) is 16.4. The third-order valence-corrected chi connectivity index (χ3v) is 4.28. The minimum atomic E-state index is -0.570. The van der Waals surface area contributed by atoms with E-state index in [9.17, 15) is 9.59 Å². The third kappa shape index (κ3) is 2.33. The molecule has 8 nitrogen and oxygen atoms in total. The zero-order valence-electron chi connectivity index (χ0n) is 14.7. The molecule has 1 atom stereocenters. The van der Waals surface area contributed by atoms with E-state index in [1.807, 2.05) is 43.4 Å². The predicted molar refractivity (Wildman–Crippen MR) is 91.1 cm³/mol. The molecule has 0 N–H and O–H groups in total. The standard InChI is InChI=1S/C16H23N6O2/c1-6-7-8-20-14(23)12-13(19(5)16(20)24)17-15-21(12)9-11(4)18-22(15)10(2)3/h6-7,10,12H,8-9H2,1-5H3/q+1/b7-6+. The Kier molecular flexibility index (Phi) is 3.98. The van der Waals surface area contributed by atoms with Gasteiger partial charge in [-0.1, -0.05) is 17.1 Å². The lowest BCUT2D eigenvalue weighted by Crippen LogP contribution is -2.63. The fourth-order valence-electron chi connectivity index (χ4n) is 3.08. The molecule has 3 amide bonds. The summed E-state index contributed by atoms with van der Waals surface area (Å²) in [5.74, 6) is 0.882. The SMILES string of the molecule is C/C=C/CN1C(=O)C2C(=NC3=[N+]2CC(C)=NN3C(C)C)N(C)C1=O. The summed E-state index contributed by atoms with van der Waals surface area (Å²) in [6, 6.07) is -0.806. The number of carbonyl (C=O) groups excluding carboxylic acids is 2. The molecule has 0 spiro atoms. The highest BCUT2D eigenvalue weighted by Crippen LogP contribution is 2.23. The first-order chi connectivity index (χ1) is 11.4. The van der Waals surface area contributed by atoms with Gasteiger partial charge in [-0.15, -0.1) is 10.1 Å². The smallest absolute Gasteiger partial charge is 0.270 e. The van der Waals surface area contributed by atoms with Crippen molar-refractivity contribution < 1.29 is 14.2 Å². The average Bonchev–Trinajstić information content (AvgIpc) is 2.91. The van der Waals surface area contributed by atoms with Crippen LogP contribution in [0.4, 0.5) is 4.79 Å². The van der Waals surface area contributed by atoms with E-state index in [0.717, 1.165) is 5.71 Å². The van der Waals surface area contributed by atoms with Crippen molar-refractivity contribution in [1.29, 1.82) is 0 Å². The van der Waals surface area contributed by atoms with Crippen molar-refractivity contribution in [3.8, 4) is 0 Å². The van der Waals surface area contributed by atoms with Gasteiger partial charge < -0.3 is 0 Å². The molecule has 0 aromatic heterocycles. The van der Waals surface area contributed by atoms with E-state index in [1.165, 1.54) is 9.80 Å². The summed E-state index contributed by atoms with van der Waals surface area (Å²) >= 11 is 0. The highest BCUT2D eigenvalue weighted by molar-refractivity contribution is 6.23. The van der Waals surface area contributed by atoms with Crippen LogP contribution in [0.3, 0.4) is 0 Å². The van der Waals surface area contributed by atoms with Crippen LogP contribution in [0.25, 0.3) is 0 Å². The van der Waals surface area contributed by atoms with Crippen molar-refractivity contribution in [2.45, 2.75) is 39.8 Å². The van der Waals surface area contributed by atoms with Gasteiger partial charge in [0.15, 0.2) is 0 Å². The van der Waals surface area contributed by atoms with Gasteiger partial charge in [0.25, 0.3) is 5.91 Å². The number of hydrogen-bond donors (Lipinski definition) is 0. The summed E-state index contributed by atoms with van der Waals surface area (Å²) in [5.41, 5.74) is 0.913. The fraction of sp³-hybridized carbons (Fsp3) is 0.562. The lowest BCUT2D eigenvalue weighted by Gasteiger charge is -2.34. The highest BCUT2D eigenvalue weighted by atomic mass is 16.2. The zero-order chi connectivity index (χ0) is 17.6. The van der Waals surface area contributed by atoms with Crippen LogP contribution < -0.4 is 0 Å². The molecule has 3 aliphatic heterocycles. The maximum Gasteiger partial charge on any atom is 0.416 e. The van der Waals surface area contributed by atoms with E-state index >= 15 is 0 Å². The van der Waals surface area contributed by atoms with Crippen LogP contribution in [0.15, 0.2) is 22.2 Å². The second kappa shape index (κ2) is 5.85. The number of amides is 3. The molecule has 0 aromatic rings. The Bertz CT molecular complexity index is 718. The Morgan fingerprint density at radius 2 is 2.08 bits per heavy atom. The molecular weight excluding hydrogens is 308 g/mol. The number of likely N-dealkylation sites (N-methyl/N-ethyl adjacent to an activating group) is 1. The summed E-state index contributed by atoms with van der Waals surface area (Å²) in [7, 11) is 1.66. The Morgan fingerprint density at radius 1 is 1.38 bits per heavy atom. The minimum absolute atomic E-state index is 0.109. The lowest BCUT2D eigenvalue weighted by molar-refractivity contribution is -0.528. The first-order valence-electron chi connectivity index (χ1n) is 8.12. The highest BCUT2D eigenvalue weighted by Gasteiger charge is 2.54. The average molecular weight is 331 g/mol.